The number of rotatable bonds is 6. The van der Waals surface area contributed by atoms with Gasteiger partial charge < -0.3 is 0 Å². The van der Waals surface area contributed by atoms with E-state index in [-0.39, 0.29) is 17.2 Å². The lowest BCUT2D eigenvalue weighted by atomic mass is 10.0. The quantitative estimate of drug-likeness (QED) is 0.519. The summed E-state index contributed by atoms with van der Waals surface area (Å²) in [6, 6.07) is 12.8. The number of nitrogens with zero attached hydrogens (tertiary/aromatic N) is 5. The number of H-pyrrole nitrogens is 1. The van der Waals surface area contributed by atoms with Crippen molar-refractivity contribution in [3.05, 3.63) is 90.1 Å². The molecule has 0 saturated carbocycles. The van der Waals surface area contributed by atoms with Crippen LogP contribution in [-0.2, 0) is 6.17 Å². The van der Waals surface area contributed by atoms with Crippen LogP contribution in [0.15, 0.2) is 67.4 Å². The van der Waals surface area contributed by atoms with Gasteiger partial charge in [0, 0.05) is 11.7 Å². The van der Waals surface area contributed by atoms with Crippen LogP contribution in [0.3, 0.4) is 0 Å². The molecule has 0 atom stereocenters. The van der Waals surface area contributed by atoms with Gasteiger partial charge in [-0.2, -0.15) is 20.5 Å². The minimum Gasteiger partial charge on any atom is -0.256 e. The molecule has 1 N–H and O–H groups in total. The Labute approximate surface area is 155 Å². The lowest BCUT2D eigenvalue weighted by Gasteiger charge is -2.25. The molecule has 6 nitrogen and oxygen atoms in total. The molecule has 0 unspecified atom stereocenters. The molecule has 4 aromatic rings. The molecular weight excluding hydrogens is 366 g/mol. The topological polar surface area (TPSA) is 72.3 Å². The molecule has 0 aliphatic rings. The minimum absolute atomic E-state index is 0.106. The van der Waals surface area contributed by atoms with Crippen molar-refractivity contribution in [3.63, 3.8) is 0 Å². The van der Waals surface area contributed by atoms with E-state index in [2.05, 4.69) is 25.5 Å². The molecule has 2 heterocycles. The summed E-state index contributed by atoms with van der Waals surface area (Å²) in [5, 5.41) is 16.0. The van der Waals surface area contributed by atoms with Crippen LogP contribution in [0.1, 0.15) is 16.7 Å². The minimum atomic E-state index is -1.46. The van der Waals surface area contributed by atoms with Crippen molar-refractivity contribution in [3.8, 4) is 0 Å². The maximum absolute atomic E-state index is 13.5. The molecular formula is C18H15F2N6Si. The molecule has 0 bridgehead atoms. The first kappa shape index (κ1) is 17.2. The highest BCUT2D eigenvalue weighted by Crippen LogP contribution is 2.28. The Kier molecular flexibility index (Phi) is 4.84. The van der Waals surface area contributed by atoms with Crippen molar-refractivity contribution in [2.24, 2.45) is 0 Å². The van der Waals surface area contributed by atoms with E-state index in [4.69, 9.17) is 0 Å². The van der Waals surface area contributed by atoms with Gasteiger partial charge >= 0.3 is 0 Å². The zero-order valence-corrected chi connectivity index (χ0v) is 15.1. The summed E-state index contributed by atoms with van der Waals surface area (Å²) in [5.41, 5.74) is 1.76. The van der Waals surface area contributed by atoms with Crippen LogP contribution in [0, 0.1) is 11.6 Å². The van der Waals surface area contributed by atoms with Crippen LogP contribution in [0.25, 0.3) is 0 Å². The first-order valence-electron chi connectivity index (χ1n) is 8.26. The van der Waals surface area contributed by atoms with Crippen molar-refractivity contribution >= 4 is 14.1 Å². The van der Waals surface area contributed by atoms with Gasteiger partial charge in [-0.25, -0.2) is 13.8 Å². The maximum Gasteiger partial charge on any atom is 0.153 e. The third-order valence-electron chi connectivity index (χ3n) is 4.30. The number of halogens is 2. The normalized spacial score (nSPS) is 11.4. The van der Waals surface area contributed by atoms with Crippen LogP contribution in [-0.4, -0.2) is 39.0 Å². The van der Waals surface area contributed by atoms with E-state index in [0.717, 1.165) is 16.4 Å². The van der Waals surface area contributed by atoms with Crippen molar-refractivity contribution in [1.82, 2.24) is 30.2 Å². The number of nitrogens with one attached hydrogen (secondary N) is 1. The Bertz CT molecular complexity index is 926. The Morgan fingerprint density at radius 1 is 0.963 bits per heavy atom. The average Bonchev–Trinajstić information content (AvgIpc) is 3.38. The van der Waals surface area contributed by atoms with Crippen LogP contribution in [0.5, 0.6) is 0 Å². The molecule has 0 fully saturated rings. The summed E-state index contributed by atoms with van der Waals surface area (Å²) in [4.78, 5) is 4.01. The van der Waals surface area contributed by atoms with Gasteiger partial charge in [-0.15, -0.1) is 0 Å². The first-order chi connectivity index (χ1) is 13.2. The van der Waals surface area contributed by atoms with Crippen molar-refractivity contribution in [1.29, 1.82) is 0 Å². The van der Waals surface area contributed by atoms with E-state index in [1.54, 1.807) is 41.5 Å². The van der Waals surface area contributed by atoms with E-state index >= 15 is 0 Å². The Balaban J connectivity index is 1.82. The largest absolute Gasteiger partial charge is 0.256 e. The summed E-state index contributed by atoms with van der Waals surface area (Å²) in [6.45, 7) is 0. The molecule has 0 aliphatic heterocycles. The highest BCUT2D eigenvalue weighted by molar-refractivity contribution is 6.73. The molecule has 2 aromatic heterocycles. The molecule has 4 rings (SSSR count). The summed E-state index contributed by atoms with van der Waals surface area (Å²) in [7, 11) is -1.46. The Hall–Kier alpha value is -3.20. The molecule has 0 spiro atoms. The first-order valence-corrected chi connectivity index (χ1v) is 10.0. The van der Waals surface area contributed by atoms with E-state index in [0.29, 0.717) is 6.17 Å². The molecule has 9 heteroatoms. The summed E-state index contributed by atoms with van der Waals surface area (Å²) < 4.78 is 28.7. The smallest absolute Gasteiger partial charge is 0.153 e. The fraction of sp³-hybridized carbons (Fsp3) is 0.111. The van der Waals surface area contributed by atoms with Crippen molar-refractivity contribution in [2.45, 2.75) is 11.7 Å². The number of hydrogen-bond donors (Lipinski definition) is 1. The van der Waals surface area contributed by atoms with Crippen LogP contribution in [0.2, 0.25) is 0 Å². The lowest BCUT2D eigenvalue weighted by Crippen LogP contribution is -2.43. The van der Waals surface area contributed by atoms with Gasteiger partial charge in [-0.3, -0.25) is 4.68 Å². The SMILES string of the molecule is Fc1ccc(C(c2ccc(F)cc2)[Si](Cn2cncn2)c2cn[nH]n2)cc1. The highest BCUT2D eigenvalue weighted by atomic mass is 28.3. The molecule has 0 amide bonds. The van der Waals surface area contributed by atoms with E-state index in [1.165, 1.54) is 30.6 Å². The number of aromatic nitrogens is 6. The van der Waals surface area contributed by atoms with Crippen LogP contribution in [0.4, 0.5) is 8.78 Å². The molecule has 27 heavy (non-hydrogen) atoms. The fourth-order valence-corrected chi connectivity index (χ4v) is 5.84. The Morgan fingerprint density at radius 3 is 2.07 bits per heavy atom. The Morgan fingerprint density at radius 2 is 1.59 bits per heavy atom. The average molecular weight is 381 g/mol. The van der Waals surface area contributed by atoms with Gasteiger partial charge in [0.2, 0.25) is 0 Å². The van der Waals surface area contributed by atoms with Crippen LogP contribution >= 0.6 is 0 Å². The number of benzene rings is 2. The molecule has 0 aliphatic carbocycles. The predicted molar refractivity (Wildman–Crippen MR) is 96.4 cm³/mol. The van der Waals surface area contributed by atoms with Crippen molar-refractivity contribution in [2.75, 3.05) is 0 Å². The van der Waals surface area contributed by atoms with Gasteiger partial charge in [0.05, 0.1) is 11.5 Å². The highest BCUT2D eigenvalue weighted by Gasteiger charge is 2.31. The van der Waals surface area contributed by atoms with Gasteiger partial charge in [0.25, 0.3) is 0 Å². The van der Waals surface area contributed by atoms with Gasteiger partial charge in [0.15, 0.2) is 8.80 Å². The van der Waals surface area contributed by atoms with Crippen LogP contribution < -0.4 is 5.32 Å². The standard InChI is InChI=1S/C18H15F2N6Si/c19-15-5-1-13(2-6-15)18(14-3-7-16(20)8-4-14)27(17-9-22-25-24-17)12-26-11-21-10-23-26/h1-11,18H,12H2,(H,22,24,25). The number of hydrogen-bond acceptors (Lipinski definition) is 4. The zero-order chi connectivity index (χ0) is 18.6. The third-order valence-corrected chi connectivity index (χ3v) is 7.23. The summed E-state index contributed by atoms with van der Waals surface area (Å²) >= 11 is 0. The predicted octanol–water partition coefficient (Wildman–Crippen LogP) is 1.99. The summed E-state index contributed by atoms with van der Waals surface area (Å²) in [5.74, 6) is -0.605. The second kappa shape index (κ2) is 7.58. The second-order valence-electron chi connectivity index (χ2n) is 6.01. The molecule has 0 saturated heterocycles. The molecule has 1 radical (unpaired) electrons. The second-order valence-corrected chi connectivity index (χ2v) is 8.47. The van der Waals surface area contributed by atoms with Gasteiger partial charge in [0.1, 0.15) is 24.3 Å². The maximum atomic E-state index is 13.5. The molecule has 2 aromatic carbocycles. The monoisotopic (exact) mass is 381 g/mol. The fourth-order valence-electron chi connectivity index (χ4n) is 3.07. The van der Waals surface area contributed by atoms with Gasteiger partial charge in [-0.1, -0.05) is 24.3 Å². The van der Waals surface area contributed by atoms with E-state index in [1.807, 2.05) is 0 Å². The van der Waals surface area contributed by atoms with E-state index < -0.39 is 8.80 Å². The lowest BCUT2D eigenvalue weighted by molar-refractivity contribution is 0.626. The zero-order valence-electron chi connectivity index (χ0n) is 14.1. The number of aromatic amines is 1. The summed E-state index contributed by atoms with van der Waals surface area (Å²) in [6.07, 6.45) is 5.41. The molecule has 135 valence electrons. The van der Waals surface area contributed by atoms with Crippen molar-refractivity contribution < 1.29 is 8.78 Å². The van der Waals surface area contributed by atoms with Gasteiger partial charge in [-0.05, 0) is 35.4 Å². The third kappa shape index (κ3) is 3.82. The van der Waals surface area contributed by atoms with E-state index in [9.17, 15) is 8.78 Å².